The fraction of sp³-hybridized carbons (Fsp3) is 0.222. The topological polar surface area (TPSA) is 46.3 Å². The number of rotatable bonds is 5. The van der Waals surface area contributed by atoms with E-state index in [2.05, 4.69) is 48.6 Å². The van der Waals surface area contributed by atoms with Crippen LogP contribution in [0, 0.1) is 0 Å². The minimum absolute atomic E-state index is 0.124. The van der Waals surface area contributed by atoms with Crippen LogP contribution in [-0.2, 0) is 6.54 Å². The first-order valence-corrected chi connectivity index (χ1v) is 10.6. The summed E-state index contributed by atoms with van der Waals surface area (Å²) in [5.74, 6) is 0.625. The van der Waals surface area contributed by atoms with Gasteiger partial charge < -0.3 is 10.6 Å². The number of hydrogen-bond acceptors (Lipinski definition) is 2. The Morgan fingerprint density at radius 1 is 0.867 bits per heavy atom. The molecule has 0 saturated carbocycles. The number of hydrogen-bond donors (Lipinski definition) is 1. The lowest BCUT2D eigenvalue weighted by Gasteiger charge is -2.32. The van der Waals surface area contributed by atoms with Gasteiger partial charge in [0.1, 0.15) is 0 Å². The van der Waals surface area contributed by atoms with E-state index in [1.807, 2.05) is 47.4 Å². The molecule has 1 fully saturated rings. The van der Waals surface area contributed by atoms with E-state index in [9.17, 15) is 4.79 Å². The monoisotopic (exact) mass is 396 g/mol. The van der Waals surface area contributed by atoms with Crippen molar-refractivity contribution in [2.75, 3.05) is 13.1 Å². The van der Waals surface area contributed by atoms with Gasteiger partial charge in [0.2, 0.25) is 0 Å². The number of likely N-dealkylation sites (tertiary alicyclic amines) is 1. The molecule has 2 N–H and O–H groups in total. The van der Waals surface area contributed by atoms with Gasteiger partial charge in [-0.2, -0.15) is 0 Å². The molecule has 152 valence electrons. The summed E-state index contributed by atoms with van der Waals surface area (Å²) >= 11 is 0. The lowest BCUT2D eigenvalue weighted by atomic mass is 9.88. The molecule has 30 heavy (non-hydrogen) atoms. The summed E-state index contributed by atoms with van der Waals surface area (Å²) in [7, 11) is 0. The number of carbonyl (C=O) groups is 1. The maximum absolute atomic E-state index is 13.1. The summed E-state index contributed by atoms with van der Waals surface area (Å²) in [6, 6.07) is 26.6. The van der Waals surface area contributed by atoms with E-state index >= 15 is 0 Å². The molecule has 3 heteroatoms. The van der Waals surface area contributed by atoms with Crippen LogP contribution in [0.2, 0.25) is 0 Å². The smallest absolute Gasteiger partial charge is 0.253 e. The van der Waals surface area contributed by atoms with E-state index in [1.54, 1.807) is 0 Å². The van der Waals surface area contributed by atoms with Crippen molar-refractivity contribution in [1.82, 2.24) is 4.90 Å². The zero-order valence-corrected chi connectivity index (χ0v) is 17.2. The Bertz CT molecular complexity index is 1020. The van der Waals surface area contributed by atoms with Gasteiger partial charge in [0.05, 0.1) is 0 Å². The second kappa shape index (κ2) is 9.55. The first-order chi connectivity index (χ1) is 14.7. The normalized spacial score (nSPS) is 14.9. The highest BCUT2D eigenvalue weighted by Crippen LogP contribution is 2.29. The van der Waals surface area contributed by atoms with Crippen molar-refractivity contribution in [2.24, 2.45) is 5.73 Å². The average molecular weight is 397 g/mol. The van der Waals surface area contributed by atoms with Crippen LogP contribution in [-0.4, -0.2) is 23.9 Å². The molecular weight excluding hydrogens is 368 g/mol. The van der Waals surface area contributed by atoms with Crippen molar-refractivity contribution in [3.05, 3.63) is 107 Å². The summed E-state index contributed by atoms with van der Waals surface area (Å²) in [4.78, 5) is 15.0. The highest BCUT2D eigenvalue weighted by Gasteiger charge is 2.24. The molecule has 1 heterocycles. The van der Waals surface area contributed by atoms with E-state index in [1.165, 1.54) is 11.1 Å². The van der Waals surface area contributed by atoms with Gasteiger partial charge in [0.15, 0.2) is 0 Å². The van der Waals surface area contributed by atoms with E-state index in [0.29, 0.717) is 12.5 Å². The van der Waals surface area contributed by atoms with E-state index in [4.69, 9.17) is 5.73 Å². The lowest BCUT2D eigenvalue weighted by molar-refractivity contribution is 0.0713. The minimum Gasteiger partial charge on any atom is -0.339 e. The third-order valence-electron chi connectivity index (χ3n) is 5.84. The van der Waals surface area contributed by atoms with Crippen LogP contribution in [0.3, 0.4) is 0 Å². The summed E-state index contributed by atoms with van der Waals surface area (Å²) in [6.45, 7) is 2.15. The van der Waals surface area contributed by atoms with Crippen LogP contribution in [0.4, 0.5) is 0 Å². The Morgan fingerprint density at radius 2 is 1.57 bits per heavy atom. The Labute approximate surface area is 178 Å². The molecule has 0 atom stereocenters. The number of carbonyl (C=O) groups excluding carboxylic acids is 1. The lowest BCUT2D eigenvalue weighted by Crippen LogP contribution is -2.37. The summed E-state index contributed by atoms with van der Waals surface area (Å²) in [6.07, 6.45) is 6.12. The van der Waals surface area contributed by atoms with Crippen LogP contribution >= 0.6 is 0 Å². The van der Waals surface area contributed by atoms with Gasteiger partial charge in [-0.3, -0.25) is 4.79 Å². The molecule has 0 bridgehead atoms. The molecule has 3 nitrogen and oxygen atoms in total. The second-order valence-electron chi connectivity index (χ2n) is 7.89. The highest BCUT2D eigenvalue weighted by atomic mass is 16.2. The van der Waals surface area contributed by atoms with Crippen molar-refractivity contribution in [3.8, 4) is 0 Å². The van der Waals surface area contributed by atoms with Gasteiger partial charge >= 0.3 is 0 Å². The standard InChI is InChI=1S/C27H28N2O/c28-20-23-9-5-10-25(19-23)24-14-16-29(17-15-24)27(30)26-11-4-8-22(18-26)13-12-21-6-2-1-3-7-21/h1-13,18-19,24H,14-17,20,28H2/b13-12+. The average Bonchev–Trinajstić information content (AvgIpc) is 2.83. The molecule has 4 rings (SSSR count). The van der Waals surface area contributed by atoms with Crippen LogP contribution in [0.15, 0.2) is 78.9 Å². The molecule has 0 aliphatic carbocycles. The molecule has 1 aliphatic heterocycles. The van der Waals surface area contributed by atoms with Crippen molar-refractivity contribution in [3.63, 3.8) is 0 Å². The molecule has 1 amide bonds. The number of nitrogens with zero attached hydrogens (tertiary/aromatic N) is 1. The Morgan fingerprint density at radius 3 is 2.33 bits per heavy atom. The Hall–Kier alpha value is -3.17. The molecule has 0 unspecified atom stereocenters. The Balaban J connectivity index is 1.40. The third kappa shape index (κ3) is 4.87. The molecular formula is C27H28N2O. The third-order valence-corrected chi connectivity index (χ3v) is 5.84. The number of nitrogens with two attached hydrogens (primary N) is 1. The largest absolute Gasteiger partial charge is 0.339 e. The molecule has 3 aromatic rings. The zero-order valence-electron chi connectivity index (χ0n) is 17.2. The first kappa shape index (κ1) is 20.1. The van der Waals surface area contributed by atoms with Gasteiger partial charge in [-0.05, 0) is 53.1 Å². The number of amides is 1. The van der Waals surface area contributed by atoms with E-state index < -0.39 is 0 Å². The summed E-state index contributed by atoms with van der Waals surface area (Å²) in [5, 5.41) is 0. The highest BCUT2D eigenvalue weighted by molar-refractivity contribution is 5.95. The van der Waals surface area contributed by atoms with Crippen LogP contribution < -0.4 is 5.73 Å². The molecule has 1 aliphatic rings. The molecule has 0 radical (unpaired) electrons. The van der Waals surface area contributed by atoms with E-state index in [0.717, 1.165) is 42.6 Å². The number of benzene rings is 3. The quantitative estimate of drug-likeness (QED) is 0.592. The summed E-state index contributed by atoms with van der Waals surface area (Å²) < 4.78 is 0. The number of piperidine rings is 1. The van der Waals surface area contributed by atoms with Gasteiger partial charge in [0, 0.05) is 25.2 Å². The first-order valence-electron chi connectivity index (χ1n) is 10.6. The maximum Gasteiger partial charge on any atom is 0.253 e. The SMILES string of the molecule is NCc1cccc(C2CCN(C(=O)c3cccc(/C=C/c4ccccc4)c3)CC2)c1. The van der Waals surface area contributed by atoms with Gasteiger partial charge in [-0.1, -0.05) is 78.9 Å². The molecule has 0 aromatic heterocycles. The van der Waals surface area contributed by atoms with Crippen molar-refractivity contribution in [2.45, 2.75) is 25.3 Å². The fourth-order valence-corrected chi connectivity index (χ4v) is 4.10. The van der Waals surface area contributed by atoms with Gasteiger partial charge in [-0.25, -0.2) is 0 Å². The minimum atomic E-state index is 0.124. The van der Waals surface area contributed by atoms with E-state index in [-0.39, 0.29) is 5.91 Å². The maximum atomic E-state index is 13.1. The molecule has 3 aromatic carbocycles. The second-order valence-corrected chi connectivity index (χ2v) is 7.89. The van der Waals surface area contributed by atoms with Crippen molar-refractivity contribution >= 4 is 18.1 Å². The van der Waals surface area contributed by atoms with Crippen molar-refractivity contribution in [1.29, 1.82) is 0 Å². The van der Waals surface area contributed by atoms with Crippen LogP contribution in [0.1, 0.15) is 51.4 Å². The van der Waals surface area contributed by atoms with Crippen LogP contribution in [0.5, 0.6) is 0 Å². The van der Waals surface area contributed by atoms with Crippen LogP contribution in [0.25, 0.3) is 12.2 Å². The predicted octanol–water partition coefficient (Wildman–Crippen LogP) is 5.34. The van der Waals surface area contributed by atoms with Crippen molar-refractivity contribution < 1.29 is 4.79 Å². The molecule has 0 spiro atoms. The molecule has 1 saturated heterocycles. The zero-order chi connectivity index (χ0) is 20.8. The Kier molecular flexibility index (Phi) is 6.41. The van der Waals surface area contributed by atoms with Gasteiger partial charge in [-0.15, -0.1) is 0 Å². The van der Waals surface area contributed by atoms with Gasteiger partial charge in [0.25, 0.3) is 5.91 Å². The fourth-order valence-electron chi connectivity index (χ4n) is 4.10. The summed E-state index contributed by atoms with van der Waals surface area (Å²) in [5.41, 5.74) is 11.2. The predicted molar refractivity (Wildman–Crippen MR) is 124 cm³/mol.